The predicted molar refractivity (Wildman–Crippen MR) is 189 cm³/mol. The number of ether oxygens (including phenoxy) is 3. The number of nitrogens with zero attached hydrogens (tertiary/aromatic N) is 2. The molecule has 0 saturated carbocycles. The van der Waals surface area contributed by atoms with Crippen LogP contribution in [0.1, 0.15) is 58.9 Å². The third kappa shape index (κ3) is 5.72. The van der Waals surface area contributed by atoms with Crippen molar-refractivity contribution in [1.82, 2.24) is 4.90 Å². The first-order chi connectivity index (χ1) is 23.4. The Bertz CT molecular complexity index is 1910. The SMILES string of the molecule is CC(C)(C)[Si](C)(C)OCc1c(O)ccc2c1Oc1cc(N3CCN(C(=O)OCc4ccccc4)CC3)ccc1C21OC(=O)c2ccccc21. The molecule has 4 aromatic carbocycles. The van der Waals surface area contributed by atoms with Crippen LogP contribution in [0.25, 0.3) is 0 Å². The lowest BCUT2D eigenvalue weighted by Crippen LogP contribution is -2.49. The molecule has 49 heavy (non-hydrogen) atoms. The molecule has 254 valence electrons. The molecule has 0 aliphatic carbocycles. The molecule has 1 fully saturated rings. The molecule has 9 nitrogen and oxygen atoms in total. The van der Waals surface area contributed by atoms with Gasteiger partial charge in [-0.2, -0.15) is 0 Å². The minimum atomic E-state index is -2.20. The molecule has 3 aliphatic rings. The summed E-state index contributed by atoms with van der Waals surface area (Å²) in [6, 6.07) is 26.4. The Kier molecular flexibility index (Phi) is 8.19. The van der Waals surface area contributed by atoms with Crippen LogP contribution in [-0.4, -0.2) is 56.6 Å². The van der Waals surface area contributed by atoms with Gasteiger partial charge in [0.1, 0.15) is 23.9 Å². The highest BCUT2D eigenvalue weighted by atomic mass is 28.4. The lowest BCUT2D eigenvalue weighted by molar-refractivity contribution is 0.0223. The molecule has 10 heteroatoms. The zero-order valence-electron chi connectivity index (χ0n) is 28.6. The average molecular weight is 679 g/mol. The first kappa shape index (κ1) is 32.7. The number of phenols is 1. The highest BCUT2D eigenvalue weighted by molar-refractivity contribution is 6.74. The van der Waals surface area contributed by atoms with Crippen molar-refractivity contribution in [3.63, 3.8) is 0 Å². The van der Waals surface area contributed by atoms with Crippen molar-refractivity contribution in [3.8, 4) is 17.2 Å². The molecule has 7 rings (SSSR count). The summed E-state index contributed by atoms with van der Waals surface area (Å²) in [6.07, 6.45) is -0.329. The van der Waals surface area contributed by atoms with Gasteiger partial charge in [0.2, 0.25) is 0 Å². The topological polar surface area (TPSA) is 97.8 Å². The van der Waals surface area contributed by atoms with E-state index in [1.807, 2.05) is 66.7 Å². The molecule has 3 aliphatic heterocycles. The maximum absolute atomic E-state index is 13.4. The van der Waals surface area contributed by atoms with Crippen molar-refractivity contribution in [3.05, 3.63) is 118 Å². The molecule has 1 saturated heterocycles. The number of benzene rings is 4. The number of hydrogen-bond acceptors (Lipinski definition) is 8. The van der Waals surface area contributed by atoms with Gasteiger partial charge in [-0.05, 0) is 54.0 Å². The van der Waals surface area contributed by atoms with Crippen molar-refractivity contribution < 1.29 is 33.3 Å². The molecule has 1 atom stereocenters. The number of fused-ring (bicyclic) bond motifs is 6. The van der Waals surface area contributed by atoms with E-state index in [4.69, 9.17) is 18.6 Å². The first-order valence-corrected chi connectivity index (χ1v) is 19.6. The Labute approximate surface area is 288 Å². The molecular formula is C39H42N2O7Si. The Hall–Kier alpha value is -4.80. The second-order valence-corrected chi connectivity index (χ2v) is 19.2. The predicted octanol–water partition coefficient (Wildman–Crippen LogP) is 7.94. The second kappa shape index (κ2) is 12.3. The Balaban J connectivity index is 1.20. The summed E-state index contributed by atoms with van der Waals surface area (Å²) in [5.41, 5.74) is 3.66. The standard InChI is InChI=1S/C39H42N2O7Si/c1-38(2,3)49(4,5)46-25-29-33(42)18-17-32-35(29)47-34-23-27(15-16-31(34)39(32)30-14-10-9-13-28(30)36(43)48-39)40-19-21-41(22-20-40)37(44)45-24-26-11-7-6-8-12-26/h6-18,23,42H,19-22,24-25H2,1-5H3. The Morgan fingerprint density at radius 3 is 2.31 bits per heavy atom. The fourth-order valence-corrected chi connectivity index (χ4v) is 7.47. The summed E-state index contributed by atoms with van der Waals surface area (Å²) in [5.74, 6) is 0.596. The van der Waals surface area contributed by atoms with Crippen LogP contribution >= 0.6 is 0 Å². The Morgan fingerprint density at radius 2 is 1.57 bits per heavy atom. The lowest BCUT2D eigenvalue weighted by Gasteiger charge is -2.40. The summed E-state index contributed by atoms with van der Waals surface area (Å²) >= 11 is 0. The van der Waals surface area contributed by atoms with Crippen LogP contribution in [0.4, 0.5) is 10.5 Å². The van der Waals surface area contributed by atoms with Crippen LogP contribution < -0.4 is 9.64 Å². The lowest BCUT2D eigenvalue weighted by atomic mass is 9.77. The number of carbonyl (C=O) groups excluding carboxylic acids is 2. The van der Waals surface area contributed by atoms with Crippen molar-refractivity contribution in [2.45, 2.75) is 57.7 Å². The largest absolute Gasteiger partial charge is 0.507 e. The molecule has 1 N–H and O–H groups in total. The van der Waals surface area contributed by atoms with Gasteiger partial charge in [0, 0.05) is 54.6 Å². The number of hydrogen-bond donors (Lipinski definition) is 1. The van der Waals surface area contributed by atoms with E-state index in [9.17, 15) is 14.7 Å². The van der Waals surface area contributed by atoms with Crippen LogP contribution in [0.2, 0.25) is 18.1 Å². The third-order valence-electron chi connectivity index (χ3n) is 10.4. The molecule has 0 bridgehead atoms. The van der Waals surface area contributed by atoms with Gasteiger partial charge in [0.25, 0.3) is 0 Å². The number of phenolic OH excluding ortho intramolecular Hbond substituents is 1. The maximum Gasteiger partial charge on any atom is 0.410 e. The maximum atomic E-state index is 13.4. The van der Waals surface area contributed by atoms with E-state index in [1.54, 1.807) is 23.1 Å². The molecule has 0 aromatic heterocycles. The summed E-state index contributed by atoms with van der Waals surface area (Å²) in [5, 5.41) is 11.2. The fourth-order valence-electron chi connectivity index (χ4n) is 6.53. The molecule has 1 unspecified atom stereocenters. The van der Waals surface area contributed by atoms with Crippen LogP contribution in [0, 0.1) is 0 Å². The molecule has 0 radical (unpaired) electrons. The molecule has 3 heterocycles. The smallest absolute Gasteiger partial charge is 0.410 e. The van der Waals surface area contributed by atoms with Crippen molar-refractivity contribution in [2.75, 3.05) is 31.1 Å². The highest BCUT2D eigenvalue weighted by Crippen LogP contribution is 2.58. The zero-order valence-corrected chi connectivity index (χ0v) is 29.6. The number of carbonyl (C=O) groups is 2. The average Bonchev–Trinajstić information content (AvgIpc) is 3.38. The number of piperazine rings is 1. The minimum absolute atomic E-state index is 0.0381. The van der Waals surface area contributed by atoms with Gasteiger partial charge in [0.05, 0.1) is 17.7 Å². The van der Waals surface area contributed by atoms with E-state index in [0.29, 0.717) is 59.9 Å². The van der Waals surface area contributed by atoms with Gasteiger partial charge < -0.3 is 33.5 Å². The number of aromatic hydroxyl groups is 1. The quantitative estimate of drug-likeness (QED) is 0.162. The molecule has 1 amide bonds. The van der Waals surface area contributed by atoms with Gasteiger partial charge in [0.15, 0.2) is 13.9 Å². The van der Waals surface area contributed by atoms with E-state index >= 15 is 0 Å². The Morgan fingerprint density at radius 1 is 0.878 bits per heavy atom. The van der Waals surface area contributed by atoms with E-state index in [-0.39, 0.29) is 30.1 Å². The monoisotopic (exact) mass is 678 g/mol. The second-order valence-electron chi connectivity index (χ2n) is 14.4. The van der Waals surface area contributed by atoms with Crippen LogP contribution in [0.3, 0.4) is 0 Å². The van der Waals surface area contributed by atoms with Gasteiger partial charge in [-0.3, -0.25) is 0 Å². The fraction of sp³-hybridized carbons (Fsp3) is 0.333. The normalized spacial score (nSPS) is 18.3. The van der Waals surface area contributed by atoms with Gasteiger partial charge in [-0.1, -0.05) is 69.3 Å². The number of esters is 1. The summed E-state index contributed by atoms with van der Waals surface area (Å²) in [4.78, 5) is 30.2. The first-order valence-electron chi connectivity index (χ1n) is 16.7. The zero-order chi connectivity index (χ0) is 34.6. The van der Waals surface area contributed by atoms with Crippen molar-refractivity contribution in [1.29, 1.82) is 0 Å². The molecule has 4 aromatic rings. The van der Waals surface area contributed by atoms with Gasteiger partial charge in [-0.25, -0.2) is 9.59 Å². The summed E-state index contributed by atoms with van der Waals surface area (Å²) < 4.78 is 25.3. The third-order valence-corrected chi connectivity index (χ3v) is 14.9. The van der Waals surface area contributed by atoms with Crippen LogP contribution in [0.15, 0.2) is 84.9 Å². The van der Waals surface area contributed by atoms with Crippen molar-refractivity contribution >= 4 is 26.1 Å². The number of anilines is 1. The van der Waals surface area contributed by atoms with E-state index in [2.05, 4.69) is 38.8 Å². The summed E-state index contributed by atoms with van der Waals surface area (Å²) in [6.45, 7) is 13.4. The van der Waals surface area contributed by atoms with E-state index in [1.165, 1.54) is 0 Å². The minimum Gasteiger partial charge on any atom is -0.507 e. The van der Waals surface area contributed by atoms with E-state index in [0.717, 1.165) is 16.8 Å². The van der Waals surface area contributed by atoms with Crippen LogP contribution in [-0.2, 0) is 32.7 Å². The van der Waals surface area contributed by atoms with Crippen molar-refractivity contribution in [2.24, 2.45) is 0 Å². The number of rotatable bonds is 6. The van der Waals surface area contributed by atoms with Gasteiger partial charge in [-0.15, -0.1) is 0 Å². The molecule has 1 spiro atoms. The number of amides is 1. The molecular weight excluding hydrogens is 637 g/mol. The summed E-state index contributed by atoms with van der Waals surface area (Å²) in [7, 11) is -2.20. The highest BCUT2D eigenvalue weighted by Gasteiger charge is 2.54. The van der Waals surface area contributed by atoms with Gasteiger partial charge >= 0.3 is 12.1 Å². The van der Waals surface area contributed by atoms with E-state index < -0.39 is 19.9 Å². The van der Waals surface area contributed by atoms with Crippen LogP contribution in [0.5, 0.6) is 17.2 Å².